The molecule has 206 valence electrons. The smallest absolute Gasteiger partial charge is 0.416 e. The van der Waals surface area contributed by atoms with Crippen LogP contribution in [0.4, 0.5) is 4.79 Å². The molecule has 3 aromatic carbocycles. The number of hydrogen-bond donors (Lipinski definition) is 1. The first-order valence-corrected chi connectivity index (χ1v) is 14.0. The lowest BCUT2D eigenvalue weighted by Crippen LogP contribution is -2.37. The molecular formula is C29H24ClIN2O7. The van der Waals surface area contributed by atoms with Crippen molar-refractivity contribution in [3.63, 3.8) is 0 Å². The molecule has 40 heavy (non-hydrogen) atoms. The van der Waals surface area contributed by atoms with Crippen LogP contribution in [0.25, 0.3) is 11.5 Å². The highest BCUT2D eigenvalue weighted by Gasteiger charge is 2.20. The number of benzene rings is 3. The second-order valence-corrected chi connectivity index (χ2v) is 9.78. The number of rotatable bonds is 12. The number of alkyl halides is 1. The number of carboxylic acids is 1. The fraction of sp³-hybridized carbons (Fsp3) is 0.172. The molecule has 11 heteroatoms. The zero-order chi connectivity index (χ0) is 28.5. The van der Waals surface area contributed by atoms with E-state index in [2.05, 4.69) is 27.6 Å². The van der Waals surface area contributed by atoms with Crippen molar-refractivity contribution >= 4 is 52.5 Å². The van der Waals surface area contributed by atoms with Crippen molar-refractivity contribution < 1.29 is 33.4 Å². The van der Waals surface area contributed by atoms with Gasteiger partial charge >= 0.3 is 12.1 Å². The Balaban J connectivity index is 1.34. The van der Waals surface area contributed by atoms with Gasteiger partial charge in [0.2, 0.25) is 5.89 Å². The van der Waals surface area contributed by atoms with Crippen LogP contribution in [0.2, 0.25) is 5.02 Å². The third-order valence-corrected chi connectivity index (χ3v) is 6.65. The summed E-state index contributed by atoms with van der Waals surface area (Å²) < 4.78 is 17.8. The lowest BCUT2D eigenvalue weighted by Gasteiger charge is -2.20. The van der Waals surface area contributed by atoms with E-state index in [4.69, 9.17) is 25.5 Å². The number of oxazole rings is 1. The molecule has 4 rings (SSSR count). The van der Waals surface area contributed by atoms with Gasteiger partial charge in [0, 0.05) is 29.1 Å². The van der Waals surface area contributed by atoms with Gasteiger partial charge < -0.3 is 19.0 Å². The van der Waals surface area contributed by atoms with Crippen molar-refractivity contribution in [3.8, 4) is 23.0 Å². The molecule has 4 aromatic rings. The van der Waals surface area contributed by atoms with Crippen molar-refractivity contribution in [2.75, 3.05) is 13.2 Å². The number of amides is 1. The molecule has 0 bridgehead atoms. The van der Waals surface area contributed by atoms with Crippen molar-refractivity contribution in [1.29, 1.82) is 0 Å². The average molecular weight is 675 g/mol. The maximum Gasteiger partial charge on any atom is 0.416 e. The monoisotopic (exact) mass is 674 g/mol. The van der Waals surface area contributed by atoms with Gasteiger partial charge in [-0.05, 0) is 66.2 Å². The third-order valence-electron chi connectivity index (χ3n) is 5.70. The fourth-order valence-corrected chi connectivity index (χ4v) is 4.43. The molecule has 0 radical (unpaired) electrons. The first-order valence-electron chi connectivity index (χ1n) is 12.1. The zero-order valence-electron chi connectivity index (χ0n) is 21.1. The number of carboxylic acid groups (broad SMARTS) is 1. The second-order valence-electron chi connectivity index (χ2n) is 8.58. The minimum absolute atomic E-state index is 0.0171. The Morgan fingerprint density at radius 2 is 1.68 bits per heavy atom. The zero-order valence-corrected chi connectivity index (χ0v) is 24.0. The standard InChI is InChI=1S/C29H24ClIN2O7/c30-22-7-5-21(6-8-22)28-32-25(26(15-31)40-28)13-14-38-23-9-1-19(2-10-23)16-33(17-27(35)36)29(37)39-24-11-3-20(18-34)4-12-24/h1-12,18H,13-17H2,(H,35,36). The van der Waals surface area contributed by atoms with E-state index < -0.39 is 18.6 Å². The van der Waals surface area contributed by atoms with E-state index in [0.29, 0.717) is 51.5 Å². The van der Waals surface area contributed by atoms with E-state index in [0.717, 1.165) is 21.9 Å². The molecule has 9 nitrogen and oxygen atoms in total. The first kappa shape index (κ1) is 29.1. The van der Waals surface area contributed by atoms with E-state index in [9.17, 15) is 19.5 Å². The number of aromatic nitrogens is 1. The van der Waals surface area contributed by atoms with Crippen molar-refractivity contribution in [2.24, 2.45) is 0 Å². The summed E-state index contributed by atoms with van der Waals surface area (Å²) in [5, 5.41) is 9.91. The number of ether oxygens (including phenoxy) is 2. The van der Waals surface area contributed by atoms with Crippen molar-refractivity contribution in [2.45, 2.75) is 17.4 Å². The minimum Gasteiger partial charge on any atom is -0.493 e. The predicted octanol–water partition coefficient (Wildman–Crippen LogP) is 6.45. The molecule has 0 aliphatic heterocycles. The van der Waals surface area contributed by atoms with Gasteiger partial charge in [0.15, 0.2) is 0 Å². The summed E-state index contributed by atoms with van der Waals surface area (Å²) in [6, 6.07) is 20.2. The maximum atomic E-state index is 12.6. The lowest BCUT2D eigenvalue weighted by molar-refractivity contribution is -0.138. The van der Waals surface area contributed by atoms with Crippen LogP contribution in [-0.4, -0.2) is 46.5 Å². The third kappa shape index (κ3) is 8.06. The lowest BCUT2D eigenvalue weighted by atomic mass is 10.2. The molecular weight excluding hydrogens is 651 g/mol. The average Bonchev–Trinajstić information content (AvgIpc) is 3.37. The molecule has 0 saturated heterocycles. The summed E-state index contributed by atoms with van der Waals surface area (Å²) in [6.07, 6.45) is 0.395. The molecule has 0 fully saturated rings. The summed E-state index contributed by atoms with van der Waals surface area (Å²) in [7, 11) is 0. The molecule has 0 spiro atoms. The molecule has 0 unspecified atom stereocenters. The van der Waals surface area contributed by atoms with Gasteiger partial charge in [-0.3, -0.25) is 14.5 Å². The van der Waals surface area contributed by atoms with Crippen LogP contribution < -0.4 is 9.47 Å². The highest BCUT2D eigenvalue weighted by Crippen LogP contribution is 2.26. The number of aldehydes is 1. The molecule has 1 N–H and O–H groups in total. The van der Waals surface area contributed by atoms with Gasteiger partial charge in [-0.15, -0.1) is 0 Å². The van der Waals surface area contributed by atoms with Crippen LogP contribution in [0.15, 0.2) is 77.2 Å². The Bertz CT molecular complexity index is 1460. The van der Waals surface area contributed by atoms with Gasteiger partial charge in [-0.2, -0.15) is 0 Å². The molecule has 1 amide bonds. The van der Waals surface area contributed by atoms with Gasteiger partial charge in [0.05, 0.1) is 16.7 Å². The fourth-order valence-electron chi connectivity index (χ4n) is 3.70. The van der Waals surface area contributed by atoms with Crippen LogP contribution in [0.5, 0.6) is 11.5 Å². The van der Waals surface area contributed by atoms with Crippen LogP contribution >= 0.6 is 34.2 Å². The topological polar surface area (TPSA) is 119 Å². The Morgan fingerprint density at radius 3 is 2.30 bits per heavy atom. The molecule has 0 aliphatic carbocycles. The number of carbonyl (C=O) groups excluding carboxylic acids is 2. The minimum atomic E-state index is -1.17. The summed E-state index contributed by atoms with van der Waals surface area (Å²) in [5.74, 6) is 0.961. The van der Waals surface area contributed by atoms with Crippen LogP contribution in [-0.2, 0) is 22.2 Å². The number of hydrogen-bond acceptors (Lipinski definition) is 7. The van der Waals surface area contributed by atoms with Crippen LogP contribution in [0.3, 0.4) is 0 Å². The van der Waals surface area contributed by atoms with Gasteiger partial charge in [-0.1, -0.05) is 46.3 Å². The van der Waals surface area contributed by atoms with Gasteiger partial charge in [0.1, 0.15) is 30.1 Å². The Kier molecular flexibility index (Phi) is 10.1. The normalized spacial score (nSPS) is 10.7. The summed E-state index contributed by atoms with van der Waals surface area (Å²) in [4.78, 5) is 40.5. The Labute approximate surface area is 248 Å². The highest BCUT2D eigenvalue weighted by molar-refractivity contribution is 14.1. The predicted molar refractivity (Wildman–Crippen MR) is 156 cm³/mol. The second kappa shape index (κ2) is 13.9. The van der Waals surface area contributed by atoms with E-state index in [1.165, 1.54) is 24.3 Å². The molecule has 1 aromatic heterocycles. The highest BCUT2D eigenvalue weighted by atomic mass is 127. The van der Waals surface area contributed by atoms with Crippen molar-refractivity contribution in [1.82, 2.24) is 9.88 Å². The summed E-state index contributed by atoms with van der Waals surface area (Å²) in [5.41, 5.74) is 2.78. The molecule has 0 atom stereocenters. The quantitative estimate of drug-likeness (QED) is 0.104. The molecule has 0 aliphatic rings. The maximum absolute atomic E-state index is 12.6. The Hall–Kier alpha value is -3.90. The molecule has 1 heterocycles. The number of nitrogens with zero attached hydrogens (tertiary/aromatic N) is 2. The number of aliphatic carboxylic acids is 1. The van der Waals surface area contributed by atoms with E-state index in [1.807, 2.05) is 12.1 Å². The van der Waals surface area contributed by atoms with Gasteiger partial charge in [0.25, 0.3) is 0 Å². The Morgan fingerprint density at radius 1 is 1.00 bits per heavy atom. The van der Waals surface area contributed by atoms with Crippen molar-refractivity contribution in [3.05, 3.63) is 100 Å². The SMILES string of the molecule is O=Cc1ccc(OC(=O)N(CC(=O)O)Cc2ccc(OCCc3nc(-c4ccc(Cl)cc4)oc3CI)cc2)cc1. The largest absolute Gasteiger partial charge is 0.493 e. The first-order chi connectivity index (χ1) is 19.3. The van der Waals surface area contributed by atoms with Gasteiger partial charge in [-0.25, -0.2) is 9.78 Å². The van der Waals surface area contributed by atoms with E-state index in [1.54, 1.807) is 36.4 Å². The number of halogens is 2. The summed E-state index contributed by atoms with van der Waals surface area (Å²) in [6.45, 7) is -0.155. The number of carbonyl (C=O) groups is 3. The van der Waals surface area contributed by atoms with E-state index >= 15 is 0 Å². The van der Waals surface area contributed by atoms with E-state index in [-0.39, 0.29) is 12.3 Å². The van der Waals surface area contributed by atoms with Crippen LogP contribution in [0.1, 0.15) is 27.4 Å². The van der Waals surface area contributed by atoms with Crippen LogP contribution in [0, 0.1) is 0 Å². The summed E-state index contributed by atoms with van der Waals surface area (Å²) >= 11 is 8.20. The molecule has 0 saturated carbocycles.